The number of nitriles is 1. The number of halogens is 4. The van der Waals surface area contributed by atoms with Crippen molar-refractivity contribution in [1.82, 2.24) is 25.9 Å². The van der Waals surface area contributed by atoms with E-state index in [0.717, 1.165) is 24.4 Å². The highest BCUT2D eigenvalue weighted by atomic mass is 35.5. The van der Waals surface area contributed by atoms with Gasteiger partial charge in [-0.05, 0) is 48.9 Å². The molecule has 0 radical (unpaired) electrons. The van der Waals surface area contributed by atoms with Crippen molar-refractivity contribution < 1.29 is 8.78 Å². The van der Waals surface area contributed by atoms with E-state index in [1.807, 2.05) is 54.5 Å². The summed E-state index contributed by atoms with van der Waals surface area (Å²) in [5, 5.41) is 19.4. The molecule has 0 unspecified atom stereocenters. The lowest BCUT2D eigenvalue weighted by Gasteiger charge is -2.38. The van der Waals surface area contributed by atoms with Crippen molar-refractivity contribution >= 4 is 51.2 Å². The average Bonchev–Trinajstić information content (AvgIpc) is 3.52. The maximum absolute atomic E-state index is 15.2. The Kier molecular flexibility index (Phi) is 8.73. The second-order valence-electron chi connectivity index (χ2n) is 10.7. The molecule has 0 saturated carbocycles. The van der Waals surface area contributed by atoms with Crippen molar-refractivity contribution in [3.05, 3.63) is 106 Å². The summed E-state index contributed by atoms with van der Waals surface area (Å²) in [6.07, 6.45) is 3.05. The summed E-state index contributed by atoms with van der Waals surface area (Å²) >= 11 is 12.8. The predicted molar refractivity (Wildman–Crippen MR) is 171 cm³/mol. The average molecular weight is 636 g/mol. The van der Waals surface area contributed by atoms with Gasteiger partial charge in [0.1, 0.15) is 18.1 Å². The van der Waals surface area contributed by atoms with Crippen LogP contribution in [0.15, 0.2) is 78.8 Å². The molecular weight excluding hydrogens is 605 g/mol. The van der Waals surface area contributed by atoms with Crippen LogP contribution in [0.3, 0.4) is 0 Å². The van der Waals surface area contributed by atoms with Crippen LogP contribution >= 0.6 is 23.2 Å². The number of fused-ring (bicyclic) bond motifs is 1. The third-order valence-corrected chi connectivity index (χ3v) is 8.57. The molecule has 3 atom stereocenters. The summed E-state index contributed by atoms with van der Waals surface area (Å²) in [5.41, 5.74) is 10.5. The fraction of sp³-hybridized carbons (Fsp3) is 0.250. The largest absolute Gasteiger partial charge is 0.373 e. The van der Waals surface area contributed by atoms with Crippen molar-refractivity contribution in [3.8, 4) is 6.07 Å². The summed E-state index contributed by atoms with van der Waals surface area (Å²) in [6, 6.07) is 19.2. The maximum Gasteiger partial charge on any atom is 0.141 e. The van der Waals surface area contributed by atoms with Crippen LogP contribution in [0.5, 0.6) is 0 Å². The highest BCUT2D eigenvalue weighted by Gasteiger charge is 2.35. The number of hydrogen-bond donors (Lipinski definition) is 4. The van der Waals surface area contributed by atoms with Crippen LogP contribution in [0.4, 0.5) is 25.8 Å². The Hall–Kier alpha value is -4.14. The molecule has 226 valence electrons. The Morgan fingerprint density at radius 3 is 2.64 bits per heavy atom. The fourth-order valence-electron chi connectivity index (χ4n) is 5.66. The summed E-state index contributed by atoms with van der Waals surface area (Å²) < 4.78 is 29.0. The van der Waals surface area contributed by atoms with E-state index in [4.69, 9.17) is 23.2 Å². The molecule has 0 spiro atoms. The van der Waals surface area contributed by atoms with Gasteiger partial charge in [0.05, 0.1) is 44.6 Å². The smallest absolute Gasteiger partial charge is 0.141 e. The van der Waals surface area contributed by atoms with Gasteiger partial charge in [-0.1, -0.05) is 60.5 Å². The standard InChI is InChI=1S/C32H30Cl2F2N8/c1-2-43-11-10-29(27(36)17-43)44-18-28(41-42-44)31(19-6-4-3-5-7-19)40-22-12-23-30(39-21-8-9-26(35)24(33)13-21)20(15-37)16-38-32(23)25(34)14-22/h3-9,12-14,16,18,27,29,31,40-42H,2,10-11,17H2,1H3,(H,38,39)/t27-,29-,31+/m1/s1. The molecule has 44 heavy (non-hydrogen) atoms. The molecule has 3 heterocycles. The van der Waals surface area contributed by atoms with Crippen molar-refractivity contribution in [1.29, 1.82) is 5.26 Å². The molecule has 1 fully saturated rings. The van der Waals surface area contributed by atoms with Gasteiger partial charge in [0, 0.05) is 42.2 Å². The molecular formula is C32H30Cl2F2N8. The van der Waals surface area contributed by atoms with E-state index < -0.39 is 12.0 Å². The number of hydrogen-bond acceptors (Lipinski definition) is 8. The van der Waals surface area contributed by atoms with Gasteiger partial charge in [0.2, 0.25) is 0 Å². The van der Waals surface area contributed by atoms with E-state index in [-0.39, 0.29) is 22.7 Å². The molecule has 8 nitrogen and oxygen atoms in total. The van der Waals surface area contributed by atoms with Crippen LogP contribution in [-0.2, 0) is 0 Å². The third-order valence-electron chi connectivity index (χ3n) is 7.99. The molecule has 12 heteroatoms. The minimum Gasteiger partial charge on any atom is -0.373 e. The van der Waals surface area contributed by atoms with Gasteiger partial charge in [-0.25, -0.2) is 8.78 Å². The molecule has 0 aliphatic carbocycles. The Balaban J connectivity index is 1.36. The Bertz CT molecular complexity index is 1750. The minimum atomic E-state index is -1.00. The van der Waals surface area contributed by atoms with Crippen LogP contribution in [-0.4, -0.2) is 46.7 Å². The van der Waals surface area contributed by atoms with Gasteiger partial charge in [0.25, 0.3) is 0 Å². The molecule has 6 rings (SSSR count). The summed E-state index contributed by atoms with van der Waals surface area (Å²) in [5.74, 6) is -0.546. The molecule has 4 aromatic rings. The summed E-state index contributed by atoms with van der Waals surface area (Å²) in [6.45, 7) is 4.11. The molecule has 3 aromatic carbocycles. The quantitative estimate of drug-likeness (QED) is 0.164. The lowest BCUT2D eigenvalue weighted by molar-refractivity contribution is 0.0370. The number of rotatable bonds is 8. The number of piperidine rings is 1. The topological polar surface area (TPSA) is 91.3 Å². The van der Waals surface area contributed by atoms with Crippen molar-refractivity contribution in [2.75, 3.05) is 30.3 Å². The monoisotopic (exact) mass is 634 g/mol. The molecule has 1 saturated heterocycles. The fourth-order valence-corrected chi connectivity index (χ4v) is 6.11. The number of likely N-dealkylation sites (tertiary alicyclic amines) is 1. The molecule has 2 aliphatic heterocycles. The van der Waals surface area contributed by atoms with Gasteiger partial charge in [-0.2, -0.15) is 5.26 Å². The van der Waals surface area contributed by atoms with Gasteiger partial charge in [-0.15, -0.1) is 5.53 Å². The first-order valence-corrected chi connectivity index (χ1v) is 15.0. The summed E-state index contributed by atoms with van der Waals surface area (Å²) in [7, 11) is 0. The van der Waals surface area contributed by atoms with Crippen molar-refractivity contribution in [3.63, 3.8) is 0 Å². The SMILES string of the molecule is CCN1CC[C@@H](N2C=C([C@@H](Nc3cc(Cl)c4ncc(C#N)c(Nc5ccc(F)c(Cl)c5)c4c3)c3ccccc3)NN2)[C@H](F)C1. The van der Waals surface area contributed by atoms with Crippen LogP contribution < -0.4 is 21.6 Å². The number of pyridine rings is 1. The van der Waals surface area contributed by atoms with E-state index >= 15 is 4.39 Å². The second-order valence-corrected chi connectivity index (χ2v) is 11.6. The lowest BCUT2D eigenvalue weighted by atomic mass is 10.0. The molecule has 2 aliphatic rings. The number of aromatic nitrogens is 1. The zero-order valence-electron chi connectivity index (χ0n) is 23.8. The number of benzene rings is 3. The second kappa shape index (κ2) is 12.8. The van der Waals surface area contributed by atoms with Gasteiger partial charge >= 0.3 is 0 Å². The first-order chi connectivity index (χ1) is 21.3. The van der Waals surface area contributed by atoms with Crippen LogP contribution in [0.1, 0.15) is 30.5 Å². The highest BCUT2D eigenvalue weighted by Crippen LogP contribution is 2.37. The number of alkyl halides is 1. The normalized spacial score (nSPS) is 19.3. The van der Waals surface area contributed by atoms with Gasteiger partial charge < -0.3 is 21.0 Å². The van der Waals surface area contributed by atoms with Crippen LogP contribution in [0, 0.1) is 17.1 Å². The molecule has 0 amide bonds. The van der Waals surface area contributed by atoms with E-state index in [1.54, 1.807) is 6.07 Å². The number of nitrogens with one attached hydrogen (secondary N) is 4. The summed E-state index contributed by atoms with van der Waals surface area (Å²) in [4.78, 5) is 6.55. The minimum absolute atomic E-state index is 0.0482. The third kappa shape index (κ3) is 6.10. The zero-order chi connectivity index (χ0) is 30.8. The van der Waals surface area contributed by atoms with Crippen molar-refractivity contribution in [2.45, 2.75) is 31.6 Å². The predicted octanol–water partition coefficient (Wildman–Crippen LogP) is 7.05. The zero-order valence-corrected chi connectivity index (χ0v) is 25.3. The molecule has 0 bridgehead atoms. The number of anilines is 3. The Labute approximate surface area is 264 Å². The Morgan fingerprint density at radius 1 is 1.11 bits per heavy atom. The van der Waals surface area contributed by atoms with E-state index in [1.165, 1.54) is 24.4 Å². The highest BCUT2D eigenvalue weighted by molar-refractivity contribution is 6.36. The lowest BCUT2D eigenvalue weighted by Crippen LogP contribution is -2.54. The number of nitrogens with zero attached hydrogens (tertiary/aromatic N) is 4. The van der Waals surface area contributed by atoms with E-state index in [2.05, 4.69) is 37.5 Å². The van der Waals surface area contributed by atoms with Crippen molar-refractivity contribution in [2.24, 2.45) is 0 Å². The van der Waals surface area contributed by atoms with E-state index in [0.29, 0.717) is 46.0 Å². The molecule has 1 aromatic heterocycles. The van der Waals surface area contributed by atoms with Crippen LogP contribution in [0.2, 0.25) is 10.0 Å². The van der Waals surface area contributed by atoms with Gasteiger partial charge in [0.15, 0.2) is 0 Å². The van der Waals surface area contributed by atoms with E-state index in [9.17, 15) is 9.65 Å². The number of hydrazine groups is 2. The van der Waals surface area contributed by atoms with Gasteiger partial charge in [-0.3, -0.25) is 9.99 Å². The first kappa shape index (κ1) is 29.9. The first-order valence-electron chi connectivity index (χ1n) is 14.3. The molecule has 4 N–H and O–H groups in total. The Morgan fingerprint density at radius 2 is 1.91 bits per heavy atom. The van der Waals surface area contributed by atoms with Crippen LogP contribution in [0.25, 0.3) is 10.9 Å². The maximum atomic E-state index is 15.2.